The first kappa shape index (κ1) is 17.3. The molecular formula is C26H26N2. The summed E-state index contributed by atoms with van der Waals surface area (Å²) in [5.41, 5.74) is 6.44. The van der Waals surface area contributed by atoms with Gasteiger partial charge in [-0.15, -0.1) is 0 Å². The Morgan fingerprint density at radius 1 is 0.714 bits per heavy atom. The van der Waals surface area contributed by atoms with Gasteiger partial charge in [-0.1, -0.05) is 54.6 Å². The van der Waals surface area contributed by atoms with E-state index in [1.807, 2.05) is 0 Å². The highest BCUT2D eigenvalue weighted by Crippen LogP contribution is 2.39. The summed E-state index contributed by atoms with van der Waals surface area (Å²) in [5, 5.41) is 0. The molecule has 2 atom stereocenters. The van der Waals surface area contributed by atoms with Gasteiger partial charge in [0.25, 0.3) is 0 Å². The number of anilines is 3. The molecule has 0 saturated carbocycles. The Morgan fingerprint density at radius 3 is 1.86 bits per heavy atom. The second kappa shape index (κ2) is 7.29. The molecule has 2 unspecified atom stereocenters. The Morgan fingerprint density at radius 2 is 1.29 bits per heavy atom. The molecule has 140 valence electrons. The van der Waals surface area contributed by atoms with Gasteiger partial charge in [-0.3, -0.25) is 4.90 Å². The zero-order valence-corrected chi connectivity index (χ0v) is 16.3. The van der Waals surface area contributed by atoms with E-state index >= 15 is 0 Å². The number of nitrogens with zero attached hydrogens (tertiary/aromatic N) is 2. The molecule has 2 nitrogen and oxygen atoms in total. The normalized spacial score (nSPS) is 21.4. The van der Waals surface area contributed by atoms with Crippen LogP contribution in [-0.4, -0.2) is 24.0 Å². The molecule has 1 fully saturated rings. The molecule has 28 heavy (non-hydrogen) atoms. The van der Waals surface area contributed by atoms with Crippen LogP contribution in [0.25, 0.3) is 5.57 Å². The third kappa shape index (κ3) is 3.14. The van der Waals surface area contributed by atoms with E-state index in [2.05, 4.69) is 108 Å². The molecular weight excluding hydrogens is 340 g/mol. The summed E-state index contributed by atoms with van der Waals surface area (Å²) in [6.07, 6.45) is 6.30. The lowest BCUT2D eigenvalue weighted by atomic mass is 9.95. The van der Waals surface area contributed by atoms with Gasteiger partial charge in [0.2, 0.25) is 0 Å². The molecule has 0 N–H and O–H groups in total. The molecule has 0 spiro atoms. The average Bonchev–Trinajstić information content (AvgIpc) is 2.96. The molecule has 0 amide bonds. The molecule has 0 radical (unpaired) electrons. The van der Waals surface area contributed by atoms with Crippen LogP contribution in [0, 0.1) is 0 Å². The number of likely N-dealkylation sites (N-methyl/N-ethyl adjacent to an activating group) is 1. The molecule has 2 heteroatoms. The van der Waals surface area contributed by atoms with E-state index in [1.54, 1.807) is 0 Å². The summed E-state index contributed by atoms with van der Waals surface area (Å²) < 4.78 is 0. The first-order valence-electron chi connectivity index (χ1n) is 10.2. The summed E-state index contributed by atoms with van der Waals surface area (Å²) in [6.45, 7) is 0. The smallest absolute Gasteiger partial charge is 0.0462 e. The van der Waals surface area contributed by atoms with Crippen molar-refractivity contribution >= 4 is 22.6 Å². The van der Waals surface area contributed by atoms with Gasteiger partial charge in [-0.25, -0.2) is 0 Å². The van der Waals surface area contributed by atoms with Crippen molar-refractivity contribution in [2.75, 3.05) is 11.9 Å². The number of para-hydroxylation sites is 2. The lowest BCUT2D eigenvalue weighted by Gasteiger charge is -2.31. The van der Waals surface area contributed by atoms with Gasteiger partial charge in [0.05, 0.1) is 0 Å². The summed E-state index contributed by atoms with van der Waals surface area (Å²) in [4.78, 5) is 4.86. The minimum Gasteiger partial charge on any atom is -0.311 e. The predicted octanol–water partition coefficient (Wildman–Crippen LogP) is 6.41. The molecule has 2 aliphatic rings. The van der Waals surface area contributed by atoms with E-state index in [-0.39, 0.29) is 0 Å². The van der Waals surface area contributed by atoms with Crippen LogP contribution in [-0.2, 0) is 0 Å². The zero-order valence-electron chi connectivity index (χ0n) is 16.3. The van der Waals surface area contributed by atoms with Crippen LogP contribution in [0.4, 0.5) is 17.1 Å². The number of hydrogen-bond donors (Lipinski definition) is 0. The van der Waals surface area contributed by atoms with Crippen molar-refractivity contribution in [3.8, 4) is 0 Å². The van der Waals surface area contributed by atoms with E-state index in [4.69, 9.17) is 0 Å². The summed E-state index contributed by atoms with van der Waals surface area (Å²) >= 11 is 0. The van der Waals surface area contributed by atoms with Crippen molar-refractivity contribution in [1.82, 2.24) is 4.90 Å². The van der Waals surface area contributed by atoms with Crippen molar-refractivity contribution in [3.05, 3.63) is 96.6 Å². The van der Waals surface area contributed by atoms with Crippen LogP contribution in [0.3, 0.4) is 0 Å². The number of hydrogen-bond acceptors (Lipinski definition) is 2. The van der Waals surface area contributed by atoms with Gasteiger partial charge in [-0.2, -0.15) is 0 Å². The Bertz CT molecular complexity index is 921. The Balaban J connectivity index is 1.49. The van der Waals surface area contributed by atoms with E-state index in [9.17, 15) is 0 Å². The number of rotatable bonds is 4. The molecule has 2 bridgehead atoms. The van der Waals surface area contributed by atoms with Gasteiger partial charge >= 0.3 is 0 Å². The SMILES string of the molecule is CN1C2C=C(c3ccc(N(c4ccccc4)c4ccccc4)cc3)CC1CC2. The second-order valence-electron chi connectivity index (χ2n) is 7.91. The minimum atomic E-state index is 0.624. The van der Waals surface area contributed by atoms with Gasteiger partial charge in [0, 0.05) is 29.1 Å². The lowest BCUT2D eigenvalue weighted by molar-refractivity contribution is 0.264. The van der Waals surface area contributed by atoms with E-state index in [0.29, 0.717) is 6.04 Å². The molecule has 5 rings (SSSR count). The number of benzene rings is 3. The highest BCUT2D eigenvalue weighted by molar-refractivity contribution is 5.78. The molecule has 3 aromatic carbocycles. The van der Waals surface area contributed by atoms with Crippen LogP contribution in [0.2, 0.25) is 0 Å². The van der Waals surface area contributed by atoms with Crippen molar-refractivity contribution in [2.45, 2.75) is 31.3 Å². The third-order valence-electron chi connectivity index (χ3n) is 6.27. The summed E-state index contributed by atoms with van der Waals surface area (Å²) in [6, 6.07) is 31.6. The molecule has 1 saturated heterocycles. The molecule has 2 heterocycles. The lowest BCUT2D eigenvalue weighted by Crippen LogP contribution is -2.34. The molecule has 0 aliphatic carbocycles. The van der Waals surface area contributed by atoms with Crippen LogP contribution < -0.4 is 4.90 Å². The molecule has 2 aliphatic heterocycles. The van der Waals surface area contributed by atoms with Gasteiger partial charge < -0.3 is 4.90 Å². The Kier molecular flexibility index (Phi) is 4.50. The standard InChI is InChI=1S/C26H26N2/c1-27-25-16-17-26(27)19-21(18-25)20-12-14-24(15-13-20)28(22-8-4-2-5-9-22)23-10-6-3-7-11-23/h2-15,18,25-26H,16-17,19H2,1H3. The monoisotopic (exact) mass is 366 g/mol. The highest BCUT2D eigenvalue weighted by atomic mass is 15.2. The predicted molar refractivity (Wildman–Crippen MR) is 118 cm³/mol. The van der Waals surface area contributed by atoms with Gasteiger partial charge in [-0.05, 0) is 73.8 Å². The maximum atomic E-state index is 2.55. The number of fused-ring (bicyclic) bond motifs is 2. The summed E-state index contributed by atoms with van der Waals surface area (Å²) in [7, 11) is 2.27. The molecule has 0 aromatic heterocycles. The van der Waals surface area contributed by atoms with Crippen LogP contribution in [0.5, 0.6) is 0 Å². The van der Waals surface area contributed by atoms with Gasteiger partial charge in [0.15, 0.2) is 0 Å². The third-order valence-corrected chi connectivity index (χ3v) is 6.27. The van der Waals surface area contributed by atoms with Crippen LogP contribution in [0.1, 0.15) is 24.8 Å². The fraction of sp³-hybridized carbons (Fsp3) is 0.231. The van der Waals surface area contributed by atoms with Crippen molar-refractivity contribution in [3.63, 3.8) is 0 Å². The average molecular weight is 367 g/mol. The molecule has 3 aromatic rings. The largest absolute Gasteiger partial charge is 0.311 e. The Hall–Kier alpha value is -2.84. The quantitative estimate of drug-likeness (QED) is 0.527. The maximum absolute atomic E-state index is 2.55. The van der Waals surface area contributed by atoms with E-state index in [1.165, 1.54) is 47.5 Å². The van der Waals surface area contributed by atoms with E-state index < -0.39 is 0 Å². The van der Waals surface area contributed by atoms with Crippen LogP contribution >= 0.6 is 0 Å². The topological polar surface area (TPSA) is 6.48 Å². The van der Waals surface area contributed by atoms with Crippen LogP contribution in [0.15, 0.2) is 91.0 Å². The van der Waals surface area contributed by atoms with Crippen molar-refractivity contribution in [2.24, 2.45) is 0 Å². The first-order chi connectivity index (χ1) is 13.8. The fourth-order valence-electron chi connectivity index (χ4n) is 4.68. The van der Waals surface area contributed by atoms with Crippen molar-refractivity contribution in [1.29, 1.82) is 0 Å². The maximum Gasteiger partial charge on any atom is 0.0462 e. The highest BCUT2D eigenvalue weighted by Gasteiger charge is 2.33. The summed E-state index contributed by atoms with van der Waals surface area (Å²) in [5.74, 6) is 0. The first-order valence-corrected chi connectivity index (χ1v) is 10.2. The van der Waals surface area contributed by atoms with Crippen molar-refractivity contribution < 1.29 is 0 Å². The zero-order chi connectivity index (χ0) is 18.9. The van der Waals surface area contributed by atoms with Gasteiger partial charge in [0.1, 0.15) is 0 Å². The second-order valence-corrected chi connectivity index (χ2v) is 7.91. The Labute approximate surface area is 167 Å². The van der Waals surface area contributed by atoms with E-state index in [0.717, 1.165) is 6.04 Å². The fourth-order valence-corrected chi connectivity index (χ4v) is 4.68. The minimum absolute atomic E-state index is 0.624.